The summed E-state index contributed by atoms with van der Waals surface area (Å²) >= 11 is 1.47. The number of nitrogens with zero attached hydrogens (tertiary/aromatic N) is 6. The number of benzene rings is 1. The second-order valence-electron chi connectivity index (χ2n) is 8.49. The molecule has 1 saturated heterocycles. The number of imidazole rings is 1. The first-order valence-corrected chi connectivity index (χ1v) is 11.9. The molecular formula is C26H24N6S. The molecule has 5 rings (SSSR count). The van der Waals surface area contributed by atoms with Crippen LogP contribution in [0, 0.1) is 22.7 Å². The Hall–Kier alpha value is -3.49. The summed E-state index contributed by atoms with van der Waals surface area (Å²) in [6, 6.07) is 18.2. The number of hydrogen-bond donors (Lipinski definition) is 0. The first kappa shape index (κ1) is 21.4. The fraction of sp³-hybridized carbons (Fsp3) is 0.269. The molecule has 0 N–H and O–H groups in total. The van der Waals surface area contributed by atoms with E-state index in [4.69, 9.17) is 4.98 Å². The summed E-state index contributed by atoms with van der Waals surface area (Å²) < 4.78 is 2.20. The van der Waals surface area contributed by atoms with Gasteiger partial charge in [-0.15, -0.1) is 11.3 Å². The van der Waals surface area contributed by atoms with E-state index < -0.39 is 0 Å². The Balaban J connectivity index is 1.60. The molecule has 4 heterocycles. The van der Waals surface area contributed by atoms with Gasteiger partial charge < -0.3 is 9.30 Å². The molecule has 0 amide bonds. The number of pyridine rings is 1. The van der Waals surface area contributed by atoms with Crippen LogP contribution in [0.15, 0.2) is 54.0 Å². The van der Waals surface area contributed by atoms with Crippen LogP contribution in [0.2, 0.25) is 0 Å². The third kappa shape index (κ3) is 4.40. The van der Waals surface area contributed by atoms with E-state index in [2.05, 4.69) is 45.6 Å². The number of fused-ring (bicyclic) bond motifs is 1. The highest BCUT2D eigenvalue weighted by atomic mass is 32.1. The largest absolute Gasteiger partial charge is 0.305 e. The summed E-state index contributed by atoms with van der Waals surface area (Å²) in [6.07, 6.45) is 3.29. The van der Waals surface area contributed by atoms with Gasteiger partial charge in [-0.25, -0.2) is 4.98 Å². The quantitative estimate of drug-likeness (QED) is 0.452. The lowest BCUT2D eigenvalue weighted by molar-refractivity contribution is 0.266. The summed E-state index contributed by atoms with van der Waals surface area (Å²) in [6.45, 7) is 5.06. The average Bonchev–Trinajstić information content (AvgIpc) is 3.41. The molecule has 0 radical (unpaired) electrons. The Labute approximate surface area is 197 Å². The van der Waals surface area contributed by atoms with Crippen LogP contribution in [0.25, 0.3) is 28.0 Å². The molecule has 1 aromatic carbocycles. The molecule has 0 spiro atoms. The molecular weight excluding hydrogens is 428 g/mol. The maximum absolute atomic E-state index is 9.22. The first-order chi connectivity index (χ1) is 16.1. The van der Waals surface area contributed by atoms with Crippen LogP contribution < -0.4 is 0 Å². The lowest BCUT2D eigenvalue weighted by atomic mass is 10.1. The van der Waals surface area contributed by atoms with E-state index in [0.717, 1.165) is 72.9 Å². The molecule has 4 aromatic rings. The van der Waals surface area contributed by atoms with Crippen molar-refractivity contribution in [3.8, 4) is 34.5 Å². The van der Waals surface area contributed by atoms with Crippen molar-refractivity contribution in [3.63, 3.8) is 0 Å². The molecule has 164 valence electrons. The van der Waals surface area contributed by atoms with Gasteiger partial charge in [0.2, 0.25) is 0 Å². The third-order valence-corrected chi connectivity index (χ3v) is 7.07. The molecule has 3 aromatic heterocycles. The molecule has 7 heteroatoms. The highest BCUT2D eigenvalue weighted by molar-refractivity contribution is 7.10. The van der Waals surface area contributed by atoms with Crippen molar-refractivity contribution in [2.24, 2.45) is 0 Å². The topological polar surface area (TPSA) is 71.4 Å². The summed E-state index contributed by atoms with van der Waals surface area (Å²) in [7, 11) is 2.18. The molecule has 0 saturated carbocycles. The summed E-state index contributed by atoms with van der Waals surface area (Å²) in [4.78, 5) is 10.6. The third-order valence-electron chi connectivity index (χ3n) is 6.23. The smallest absolute Gasteiger partial charge is 0.137 e. The fourth-order valence-electron chi connectivity index (χ4n) is 4.37. The van der Waals surface area contributed by atoms with Crippen molar-refractivity contribution in [3.05, 3.63) is 70.2 Å². The first-order valence-electron chi connectivity index (χ1n) is 11.1. The molecule has 0 bridgehead atoms. The van der Waals surface area contributed by atoms with Gasteiger partial charge >= 0.3 is 0 Å². The Morgan fingerprint density at radius 2 is 1.76 bits per heavy atom. The minimum Gasteiger partial charge on any atom is -0.305 e. The van der Waals surface area contributed by atoms with Gasteiger partial charge in [-0.3, -0.25) is 4.90 Å². The highest BCUT2D eigenvalue weighted by Gasteiger charge is 2.20. The van der Waals surface area contributed by atoms with E-state index in [1.807, 2.05) is 41.8 Å². The van der Waals surface area contributed by atoms with Gasteiger partial charge in [0.25, 0.3) is 0 Å². The van der Waals surface area contributed by atoms with Gasteiger partial charge in [-0.05, 0) is 73.4 Å². The molecule has 0 unspecified atom stereocenters. The van der Waals surface area contributed by atoms with Crippen LogP contribution in [0.1, 0.15) is 22.6 Å². The SMILES string of the molecule is CN1CCCN(Cc2c(-c3ccc(C#N)cc3)nc3ccc(-c4csc(C#N)c4)cn23)CC1. The Morgan fingerprint density at radius 1 is 0.939 bits per heavy atom. The normalized spacial score (nSPS) is 15.2. The molecule has 33 heavy (non-hydrogen) atoms. The van der Waals surface area contributed by atoms with Crippen molar-refractivity contribution in [2.75, 3.05) is 33.2 Å². The summed E-state index contributed by atoms with van der Waals surface area (Å²) in [5, 5.41) is 20.4. The molecule has 0 atom stereocenters. The van der Waals surface area contributed by atoms with Crippen LogP contribution in [0.4, 0.5) is 0 Å². The van der Waals surface area contributed by atoms with E-state index in [9.17, 15) is 10.5 Å². The van der Waals surface area contributed by atoms with Crippen LogP contribution >= 0.6 is 11.3 Å². The van der Waals surface area contributed by atoms with Gasteiger partial charge in [-0.1, -0.05) is 12.1 Å². The minimum atomic E-state index is 0.646. The van der Waals surface area contributed by atoms with Gasteiger partial charge in [0.15, 0.2) is 0 Å². The maximum atomic E-state index is 9.22. The molecule has 6 nitrogen and oxygen atoms in total. The van der Waals surface area contributed by atoms with Gasteiger partial charge in [0.1, 0.15) is 16.6 Å². The van der Waals surface area contributed by atoms with Crippen molar-refractivity contribution in [1.82, 2.24) is 19.2 Å². The monoisotopic (exact) mass is 452 g/mol. The predicted molar refractivity (Wildman–Crippen MR) is 131 cm³/mol. The van der Waals surface area contributed by atoms with Crippen molar-refractivity contribution < 1.29 is 0 Å². The average molecular weight is 453 g/mol. The van der Waals surface area contributed by atoms with Crippen LogP contribution in [-0.2, 0) is 6.54 Å². The van der Waals surface area contributed by atoms with Crippen LogP contribution in [0.3, 0.4) is 0 Å². The van der Waals surface area contributed by atoms with E-state index in [-0.39, 0.29) is 0 Å². The summed E-state index contributed by atoms with van der Waals surface area (Å²) in [5.41, 5.74) is 6.79. The molecule has 1 aliphatic rings. The number of aromatic nitrogens is 2. The molecule has 1 fully saturated rings. The second kappa shape index (κ2) is 9.17. The zero-order valence-corrected chi connectivity index (χ0v) is 19.3. The Morgan fingerprint density at radius 3 is 2.52 bits per heavy atom. The lowest BCUT2D eigenvalue weighted by Crippen LogP contribution is -2.29. The number of thiophene rings is 1. The highest BCUT2D eigenvalue weighted by Crippen LogP contribution is 2.30. The maximum Gasteiger partial charge on any atom is 0.137 e. The summed E-state index contributed by atoms with van der Waals surface area (Å²) in [5.74, 6) is 0. The number of rotatable bonds is 4. The minimum absolute atomic E-state index is 0.646. The van der Waals surface area contributed by atoms with Crippen molar-refractivity contribution >= 4 is 17.0 Å². The van der Waals surface area contributed by atoms with Crippen LogP contribution in [-0.4, -0.2) is 52.4 Å². The lowest BCUT2D eigenvalue weighted by Gasteiger charge is -2.20. The Bertz CT molecular complexity index is 1370. The number of nitriles is 2. The van der Waals surface area contributed by atoms with Gasteiger partial charge in [0, 0.05) is 31.4 Å². The van der Waals surface area contributed by atoms with Gasteiger partial charge in [0.05, 0.1) is 23.0 Å². The van der Waals surface area contributed by atoms with E-state index in [1.54, 1.807) is 0 Å². The number of likely N-dealkylation sites (N-methyl/N-ethyl adjacent to an activating group) is 1. The van der Waals surface area contributed by atoms with E-state index in [1.165, 1.54) is 11.3 Å². The standard InChI is InChI=1S/C26H24N6S/c1-30-9-2-10-31(12-11-30)17-24-26(20-5-3-19(14-27)4-6-20)29-25-8-7-21(16-32(24)25)22-13-23(15-28)33-18-22/h3-8,13,16,18H,2,9-12,17H2,1H3. The molecule has 0 aliphatic carbocycles. The van der Waals surface area contributed by atoms with Gasteiger partial charge in [-0.2, -0.15) is 10.5 Å². The van der Waals surface area contributed by atoms with Crippen molar-refractivity contribution in [1.29, 1.82) is 10.5 Å². The van der Waals surface area contributed by atoms with Crippen molar-refractivity contribution in [2.45, 2.75) is 13.0 Å². The molecule has 1 aliphatic heterocycles. The number of hydrogen-bond acceptors (Lipinski definition) is 6. The zero-order valence-electron chi connectivity index (χ0n) is 18.5. The predicted octanol–water partition coefficient (Wildman–Crippen LogP) is 4.61. The van der Waals surface area contributed by atoms with Crippen LogP contribution in [0.5, 0.6) is 0 Å². The van der Waals surface area contributed by atoms with E-state index >= 15 is 0 Å². The fourth-order valence-corrected chi connectivity index (χ4v) is 5.07. The zero-order chi connectivity index (χ0) is 22.8. The second-order valence-corrected chi connectivity index (χ2v) is 9.40. The Kier molecular flexibility index (Phi) is 5.93. The van der Waals surface area contributed by atoms with E-state index in [0.29, 0.717) is 10.4 Å².